The molecule has 0 aliphatic heterocycles. The fraction of sp³-hybridized carbons (Fsp3) is 0.429. The average Bonchev–Trinajstić information content (AvgIpc) is 2.42. The number of nitrogens with two attached hydrogens (primary N) is 1. The van der Waals surface area contributed by atoms with Crippen molar-refractivity contribution in [2.24, 2.45) is 11.7 Å². The maximum atomic E-state index is 12.1. The van der Waals surface area contributed by atoms with Gasteiger partial charge in [0.05, 0.1) is 7.11 Å². The number of carbonyl (C=O) groups excluding carboxylic acids is 2. The predicted octanol–water partition coefficient (Wildman–Crippen LogP) is 1.00. The number of primary amides is 1. The molecule has 0 saturated carbocycles. The molecule has 1 rings (SSSR count). The van der Waals surface area contributed by atoms with E-state index in [2.05, 4.69) is 10.6 Å². The lowest BCUT2D eigenvalue weighted by Gasteiger charge is -2.20. The summed E-state index contributed by atoms with van der Waals surface area (Å²) in [4.78, 5) is 23.0. The second kappa shape index (κ2) is 7.37. The van der Waals surface area contributed by atoms with Crippen molar-refractivity contribution in [1.82, 2.24) is 10.6 Å². The first-order valence-electron chi connectivity index (χ1n) is 6.41. The highest BCUT2D eigenvalue weighted by Crippen LogP contribution is 2.16. The molecule has 0 fully saturated rings. The summed E-state index contributed by atoms with van der Waals surface area (Å²) in [5, 5.41) is 5.21. The van der Waals surface area contributed by atoms with Gasteiger partial charge in [-0.3, -0.25) is 4.79 Å². The number of benzene rings is 1. The molecule has 1 aromatic carbocycles. The van der Waals surface area contributed by atoms with Crippen LogP contribution < -0.4 is 21.1 Å². The Bertz CT molecular complexity index is 474. The Kier molecular flexibility index (Phi) is 5.83. The maximum absolute atomic E-state index is 12.1. The summed E-state index contributed by atoms with van der Waals surface area (Å²) in [7, 11) is 1.58. The number of amides is 3. The summed E-state index contributed by atoms with van der Waals surface area (Å²) in [5.41, 5.74) is 5.94. The van der Waals surface area contributed by atoms with Crippen LogP contribution in [0.15, 0.2) is 24.3 Å². The Morgan fingerprint density at radius 2 is 1.95 bits per heavy atom. The van der Waals surface area contributed by atoms with Crippen LogP contribution in [-0.2, 0) is 11.3 Å². The first kappa shape index (κ1) is 15.8. The van der Waals surface area contributed by atoms with Crippen molar-refractivity contribution in [2.75, 3.05) is 7.11 Å². The molecule has 0 aliphatic rings. The van der Waals surface area contributed by atoms with Gasteiger partial charge in [-0.05, 0) is 12.0 Å². The van der Waals surface area contributed by atoms with Crippen LogP contribution in [0, 0.1) is 5.92 Å². The fourth-order valence-electron chi connectivity index (χ4n) is 1.83. The van der Waals surface area contributed by atoms with Gasteiger partial charge in [0.15, 0.2) is 0 Å². The van der Waals surface area contributed by atoms with E-state index in [4.69, 9.17) is 10.5 Å². The number of hydrogen-bond acceptors (Lipinski definition) is 3. The molecule has 3 amide bonds. The van der Waals surface area contributed by atoms with Crippen molar-refractivity contribution in [2.45, 2.75) is 26.4 Å². The van der Waals surface area contributed by atoms with Gasteiger partial charge in [0, 0.05) is 12.1 Å². The van der Waals surface area contributed by atoms with Crippen molar-refractivity contribution in [3.05, 3.63) is 29.8 Å². The number of nitrogens with one attached hydrogen (secondary N) is 2. The summed E-state index contributed by atoms with van der Waals surface area (Å²) in [6, 6.07) is 6.05. The minimum absolute atomic E-state index is 0.0554. The molecule has 1 atom stereocenters. The molecule has 6 heteroatoms. The molecular weight excluding hydrogens is 258 g/mol. The lowest BCUT2D eigenvalue weighted by Crippen LogP contribution is -2.51. The molecule has 0 unspecified atom stereocenters. The monoisotopic (exact) mass is 279 g/mol. The van der Waals surface area contributed by atoms with Crippen molar-refractivity contribution in [3.8, 4) is 5.75 Å². The van der Waals surface area contributed by atoms with Crippen molar-refractivity contribution in [1.29, 1.82) is 0 Å². The van der Waals surface area contributed by atoms with E-state index in [-0.39, 0.29) is 11.8 Å². The van der Waals surface area contributed by atoms with Gasteiger partial charge in [-0.15, -0.1) is 0 Å². The van der Waals surface area contributed by atoms with Crippen LogP contribution in [0.5, 0.6) is 5.75 Å². The zero-order chi connectivity index (χ0) is 15.1. The third-order valence-corrected chi connectivity index (χ3v) is 2.89. The first-order chi connectivity index (χ1) is 9.45. The Balaban J connectivity index is 2.67. The molecule has 0 bridgehead atoms. The molecule has 0 saturated heterocycles. The number of hydrogen-bond donors (Lipinski definition) is 3. The largest absolute Gasteiger partial charge is 0.496 e. The van der Waals surface area contributed by atoms with Gasteiger partial charge < -0.3 is 21.1 Å². The number of ether oxygens (including phenoxy) is 1. The average molecular weight is 279 g/mol. The first-order valence-corrected chi connectivity index (χ1v) is 6.41. The molecule has 0 aliphatic carbocycles. The van der Waals surface area contributed by atoms with Crippen LogP contribution in [0.3, 0.4) is 0 Å². The highest BCUT2D eigenvalue weighted by molar-refractivity contribution is 5.86. The SMILES string of the molecule is COc1ccccc1CNC(=O)[C@H](NC(N)=O)C(C)C. The van der Waals surface area contributed by atoms with Gasteiger partial charge in [-0.25, -0.2) is 4.79 Å². The van der Waals surface area contributed by atoms with E-state index in [1.165, 1.54) is 0 Å². The Morgan fingerprint density at radius 3 is 2.50 bits per heavy atom. The van der Waals surface area contributed by atoms with Gasteiger partial charge in [0.25, 0.3) is 0 Å². The summed E-state index contributed by atoms with van der Waals surface area (Å²) in [5.74, 6) is 0.377. The topological polar surface area (TPSA) is 93.4 Å². The number of methoxy groups -OCH3 is 1. The smallest absolute Gasteiger partial charge is 0.312 e. The van der Waals surface area contributed by atoms with Crippen LogP contribution in [0.4, 0.5) is 4.79 Å². The number of rotatable bonds is 6. The van der Waals surface area contributed by atoms with E-state index in [1.54, 1.807) is 7.11 Å². The standard InChI is InChI=1S/C14H21N3O3/c1-9(2)12(17-14(15)19)13(18)16-8-10-6-4-5-7-11(10)20-3/h4-7,9,12H,8H2,1-3H3,(H,16,18)(H3,15,17,19)/t12-/m1/s1. The third kappa shape index (κ3) is 4.46. The summed E-state index contributed by atoms with van der Waals surface area (Å²) >= 11 is 0. The van der Waals surface area contributed by atoms with Crippen LogP contribution in [-0.4, -0.2) is 25.1 Å². The fourth-order valence-corrected chi connectivity index (χ4v) is 1.83. The minimum Gasteiger partial charge on any atom is -0.496 e. The van der Waals surface area contributed by atoms with E-state index >= 15 is 0 Å². The minimum atomic E-state index is -0.712. The Labute approximate surface area is 118 Å². The quantitative estimate of drug-likeness (QED) is 0.725. The van der Waals surface area contributed by atoms with Gasteiger partial charge in [0.2, 0.25) is 5.91 Å². The number of urea groups is 1. The van der Waals surface area contributed by atoms with Crippen molar-refractivity contribution < 1.29 is 14.3 Å². The molecule has 4 N–H and O–H groups in total. The predicted molar refractivity (Wildman–Crippen MR) is 76.2 cm³/mol. The van der Waals surface area contributed by atoms with Gasteiger partial charge in [-0.2, -0.15) is 0 Å². The zero-order valence-corrected chi connectivity index (χ0v) is 12.0. The summed E-state index contributed by atoms with van der Waals surface area (Å²) < 4.78 is 5.21. The maximum Gasteiger partial charge on any atom is 0.312 e. The van der Waals surface area contributed by atoms with E-state index < -0.39 is 12.1 Å². The van der Waals surface area contributed by atoms with Gasteiger partial charge in [0.1, 0.15) is 11.8 Å². The lowest BCUT2D eigenvalue weighted by atomic mass is 10.0. The van der Waals surface area contributed by atoms with Crippen LogP contribution in [0.1, 0.15) is 19.4 Å². The number of para-hydroxylation sites is 1. The molecule has 6 nitrogen and oxygen atoms in total. The molecule has 20 heavy (non-hydrogen) atoms. The van der Waals surface area contributed by atoms with Crippen LogP contribution >= 0.6 is 0 Å². The van der Waals surface area contributed by atoms with E-state index in [9.17, 15) is 9.59 Å². The molecular formula is C14H21N3O3. The Morgan fingerprint density at radius 1 is 1.30 bits per heavy atom. The van der Waals surface area contributed by atoms with E-state index in [1.807, 2.05) is 38.1 Å². The second-order valence-corrected chi connectivity index (χ2v) is 4.76. The Hall–Kier alpha value is -2.24. The zero-order valence-electron chi connectivity index (χ0n) is 12.0. The highest BCUT2D eigenvalue weighted by Gasteiger charge is 2.23. The molecule has 0 spiro atoms. The summed E-state index contributed by atoms with van der Waals surface area (Å²) in [6.45, 7) is 4.00. The third-order valence-electron chi connectivity index (χ3n) is 2.89. The van der Waals surface area contributed by atoms with E-state index in [0.717, 1.165) is 5.56 Å². The normalized spacial score (nSPS) is 11.8. The highest BCUT2D eigenvalue weighted by atomic mass is 16.5. The molecule has 0 radical (unpaired) electrons. The van der Waals surface area contributed by atoms with Crippen LogP contribution in [0.2, 0.25) is 0 Å². The second-order valence-electron chi connectivity index (χ2n) is 4.76. The molecule has 0 aromatic heterocycles. The van der Waals surface area contributed by atoms with Gasteiger partial charge >= 0.3 is 6.03 Å². The molecule has 0 heterocycles. The van der Waals surface area contributed by atoms with Crippen LogP contribution in [0.25, 0.3) is 0 Å². The summed E-state index contributed by atoms with van der Waals surface area (Å²) in [6.07, 6.45) is 0. The lowest BCUT2D eigenvalue weighted by molar-refractivity contribution is -0.124. The van der Waals surface area contributed by atoms with Crippen molar-refractivity contribution in [3.63, 3.8) is 0 Å². The molecule has 1 aromatic rings. The molecule has 110 valence electrons. The van der Waals surface area contributed by atoms with Gasteiger partial charge in [-0.1, -0.05) is 32.0 Å². The van der Waals surface area contributed by atoms with E-state index in [0.29, 0.717) is 12.3 Å². The number of carbonyl (C=O) groups is 2. The van der Waals surface area contributed by atoms with Crippen molar-refractivity contribution >= 4 is 11.9 Å².